The van der Waals surface area contributed by atoms with Crippen molar-refractivity contribution in [3.63, 3.8) is 0 Å². The van der Waals surface area contributed by atoms with Crippen LogP contribution in [0.2, 0.25) is 5.15 Å². The first-order valence-electron chi connectivity index (χ1n) is 6.71. The molecule has 4 heteroatoms. The third-order valence-electron chi connectivity index (χ3n) is 3.39. The van der Waals surface area contributed by atoms with Gasteiger partial charge in [-0.25, -0.2) is 4.98 Å². The summed E-state index contributed by atoms with van der Waals surface area (Å²) in [6.07, 6.45) is 2.48. The van der Waals surface area contributed by atoms with E-state index in [1.807, 2.05) is 13.1 Å². The zero-order chi connectivity index (χ0) is 14.2. The molecule has 1 aliphatic carbocycles. The van der Waals surface area contributed by atoms with Crippen molar-refractivity contribution in [1.82, 2.24) is 9.88 Å². The van der Waals surface area contributed by atoms with Gasteiger partial charge in [-0.3, -0.25) is 4.79 Å². The van der Waals surface area contributed by atoms with Crippen LogP contribution in [0.3, 0.4) is 0 Å². The molecule has 1 aliphatic rings. The monoisotopic (exact) mass is 280 g/mol. The maximum absolute atomic E-state index is 12.4. The lowest BCUT2D eigenvalue weighted by molar-refractivity contribution is 0.0788. The molecule has 1 saturated carbocycles. The number of carbonyl (C=O) groups excluding carboxylic acids is 1. The molecule has 1 fully saturated rings. The van der Waals surface area contributed by atoms with E-state index in [1.165, 1.54) is 12.8 Å². The molecule has 3 nitrogen and oxygen atoms in total. The Morgan fingerprint density at radius 2 is 2.05 bits per heavy atom. The van der Waals surface area contributed by atoms with Gasteiger partial charge in [-0.05, 0) is 30.9 Å². The molecule has 0 unspecified atom stereocenters. The summed E-state index contributed by atoms with van der Waals surface area (Å²) in [6, 6.07) is 3.51. The highest BCUT2D eigenvalue weighted by Gasteiger charge is 2.26. The van der Waals surface area contributed by atoms with Crippen molar-refractivity contribution in [2.75, 3.05) is 13.6 Å². The van der Waals surface area contributed by atoms with E-state index in [0.717, 1.165) is 12.2 Å². The normalized spacial score (nSPS) is 15.4. The second-order valence-electron chi connectivity index (χ2n) is 6.44. The van der Waals surface area contributed by atoms with Crippen LogP contribution in [0.25, 0.3) is 0 Å². The van der Waals surface area contributed by atoms with Crippen LogP contribution in [-0.2, 0) is 5.41 Å². The van der Waals surface area contributed by atoms with Crippen molar-refractivity contribution in [3.05, 3.63) is 28.5 Å². The highest BCUT2D eigenvalue weighted by Crippen LogP contribution is 2.30. The van der Waals surface area contributed by atoms with Gasteiger partial charge in [0, 0.05) is 30.3 Å². The number of nitrogens with zero attached hydrogens (tertiary/aromatic N) is 2. The van der Waals surface area contributed by atoms with E-state index in [0.29, 0.717) is 16.6 Å². The van der Waals surface area contributed by atoms with Crippen LogP contribution in [0.1, 0.15) is 49.7 Å². The van der Waals surface area contributed by atoms with Gasteiger partial charge in [-0.1, -0.05) is 32.4 Å². The number of rotatable bonds is 3. The standard InChI is InChI=1S/C15H21ClN2O/c1-15(2,3)12-7-11(8-13(16)17-12)14(19)18(4)9-10-5-6-10/h7-8,10H,5-6,9H2,1-4H3. The third-order valence-corrected chi connectivity index (χ3v) is 3.58. The summed E-state index contributed by atoms with van der Waals surface area (Å²) >= 11 is 6.04. The van der Waals surface area contributed by atoms with Crippen molar-refractivity contribution in [3.8, 4) is 0 Å². The molecule has 1 amide bonds. The molecule has 0 radical (unpaired) electrons. The number of hydrogen-bond acceptors (Lipinski definition) is 2. The second kappa shape index (κ2) is 5.12. The largest absolute Gasteiger partial charge is 0.341 e. The van der Waals surface area contributed by atoms with E-state index in [2.05, 4.69) is 25.8 Å². The first-order valence-corrected chi connectivity index (χ1v) is 7.08. The third kappa shape index (κ3) is 3.69. The summed E-state index contributed by atoms with van der Waals surface area (Å²) < 4.78 is 0. The summed E-state index contributed by atoms with van der Waals surface area (Å²) in [6.45, 7) is 7.03. The lowest BCUT2D eigenvalue weighted by Crippen LogP contribution is -2.29. The average molecular weight is 281 g/mol. The Morgan fingerprint density at radius 1 is 1.42 bits per heavy atom. The van der Waals surface area contributed by atoms with Crippen LogP contribution in [0, 0.1) is 5.92 Å². The predicted molar refractivity (Wildman–Crippen MR) is 77.6 cm³/mol. The van der Waals surface area contributed by atoms with Crippen LogP contribution < -0.4 is 0 Å². The number of carbonyl (C=O) groups is 1. The Morgan fingerprint density at radius 3 is 2.58 bits per heavy atom. The van der Waals surface area contributed by atoms with Crippen molar-refractivity contribution >= 4 is 17.5 Å². The molecule has 19 heavy (non-hydrogen) atoms. The van der Waals surface area contributed by atoms with Gasteiger partial charge in [0.25, 0.3) is 5.91 Å². The smallest absolute Gasteiger partial charge is 0.253 e. The minimum Gasteiger partial charge on any atom is -0.341 e. The summed E-state index contributed by atoms with van der Waals surface area (Å²) in [5, 5.41) is 0.385. The Hall–Kier alpha value is -1.09. The summed E-state index contributed by atoms with van der Waals surface area (Å²) in [5.41, 5.74) is 1.37. The minimum absolute atomic E-state index is 0.0294. The molecule has 104 valence electrons. The molecule has 0 N–H and O–H groups in total. The van der Waals surface area contributed by atoms with E-state index in [4.69, 9.17) is 11.6 Å². The van der Waals surface area contributed by atoms with Crippen molar-refractivity contribution in [1.29, 1.82) is 0 Å². The molecular formula is C15H21ClN2O. The van der Waals surface area contributed by atoms with Crippen LogP contribution in [0.15, 0.2) is 12.1 Å². The molecular weight excluding hydrogens is 260 g/mol. The minimum atomic E-state index is -0.116. The van der Waals surface area contributed by atoms with Gasteiger partial charge < -0.3 is 4.90 Å². The van der Waals surface area contributed by atoms with Crippen molar-refractivity contribution in [2.45, 2.75) is 39.0 Å². The van der Waals surface area contributed by atoms with E-state index in [1.54, 1.807) is 11.0 Å². The number of aromatic nitrogens is 1. The molecule has 1 aromatic rings. The molecule has 0 bridgehead atoms. The van der Waals surface area contributed by atoms with Gasteiger partial charge in [0.1, 0.15) is 5.15 Å². The maximum Gasteiger partial charge on any atom is 0.253 e. The lowest BCUT2D eigenvalue weighted by atomic mass is 9.91. The SMILES string of the molecule is CN(CC1CC1)C(=O)c1cc(Cl)nc(C(C)(C)C)c1. The fourth-order valence-corrected chi connectivity index (χ4v) is 2.20. The second-order valence-corrected chi connectivity index (χ2v) is 6.83. The highest BCUT2D eigenvalue weighted by molar-refractivity contribution is 6.29. The highest BCUT2D eigenvalue weighted by atomic mass is 35.5. The number of pyridine rings is 1. The fourth-order valence-electron chi connectivity index (χ4n) is 2.00. The Balaban J connectivity index is 2.23. The molecule has 0 saturated heterocycles. The zero-order valence-electron chi connectivity index (χ0n) is 12.0. The lowest BCUT2D eigenvalue weighted by Gasteiger charge is -2.21. The number of hydrogen-bond donors (Lipinski definition) is 0. The first-order chi connectivity index (χ1) is 8.77. The quantitative estimate of drug-likeness (QED) is 0.794. The van der Waals surface area contributed by atoms with Crippen LogP contribution in [0.4, 0.5) is 0 Å². The first kappa shape index (κ1) is 14.3. The molecule has 0 atom stereocenters. The average Bonchev–Trinajstić information content (AvgIpc) is 3.09. The van der Waals surface area contributed by atoms with E-state index in [-0.39, 0.29) is 11.3 Å². The summed E-state index contributed by atoms with van der Waals surface area (Å²) in [4.78, 5) is 18.5. The molecule has 2 rings (SSSR count). The number of amides is 1. The predicted octanol–water partition coefficient (Wildman–Crippen LogP) is 3.51. The Kier molecular flexibility index (Phi) is 3.86. The van der Waals surface area contributed by atoms with Crippen molar-refractivity contribution < 1.29 is 4.79 Å². The van der Waals surface area contributed by atoms with Gasteiger partial charge in [-0.2, -0.15) is 0 Å². The van der Waals surface area contributed by atoms with Gasteiger partial charge in [0.15, 0.2) is 0 Å². The molecule has 1 heterocycles. The molecule has 0 aromatic carbocycles. The number of halogens is 1. The van der Waals surface area contributed by atoms with E-state index < -0.39 is 0 Å². The van der Waals surface area contributed by atoms with Gasteiger partial charge in [0.2, 0.25) is 0 Å². The summed E-state index contributed by atoms with van der Waals surface area (Å²) in [7, 11) is 1.85. The fraction of sp³-hybridized carbons (Fsp3) is 0.600. The van der Waals surface area contributed by atoms with Crippen LogP contribution in [-0.4, -0.2) is 29.4 Å². The van der Waals surface area contributed by atoms with Crippen molar-refractivity contribution in [2.24, 2.45) is 5.92 Å². The van der Waals surface area contributed by atoms with Crippen LogP contribution >= 0.6 is 11.6 Å². The summed E-state index contributed by atoms with van der Waals surface area (Å²) in [5.74, 6) is 0.718. The van der Waals surface area contributed by atoms with Gasteiger partial charge in [0.05, 0.1) is 0 Å². The van der Waals surface area contributed by atoms with E-state index >= 15 is 0 Å². The zero-order valence-corrected chi connectivity index (χ0v) is 12.8. The maximum atomic E-state index is 12.4. The topological polar surface area (TPSA) is 33.2 Å². The van der Waals surface area contributed by atoms with Crippen LogP contribution in [0.5, 0.6) is 0 Å². The van der Waals surface area contributed by atoms with Gasteiger partial charge >= 0.3 is 0 Å². The van der Waals surface area contributed by atoms with E-state index in [9.17, 15) is 4.79 Å². The van der Waals surface area contributed by atoms with Gasteiger partial charge in [-0.15, -0.1) is 0 Å². The Bertz CT molecular complexity index is 489. The Labute approximate surface area is 120 Å². The molecule has 1 aromatic heterocycles. The molecule has 0 spiro atoms. The molecule has 0 aliphatic heterocycles.